The van der Waals surface area contributed by atoms with Gasteiger partial charge in [0.1, 0.15) is 0 Å². The predicted molar refractivity (Wildman–Crippen MR) is 35.8 cm³/mol. The average Bonchev–Trinajstić information content (AvgIpc) is 2.03. The topological polar surface area (TPSA) is 40.1 Å². The normalized spacial score (nSPS) is 10.5. The van der Waals surface area contributed by atoms with Crippen LogP contribution in [0.3, 0.4) is 0 Å². The van der Waals surface area contributed by atoms with Gasteiger partial charge in [-0.15, -0.1) is 0 Å². The maximum Gasteiger partial charge on any atom is 1.00 e. The van der Waals surface area contributed by atoms with E-state index in [4.69, 9.17) is 0 Å². The molecule has 0 fully saturated rings. The second kappa shape index (κ2) is 4.82. The molecule has 2 nitrogen and oxygen atoms in total. The largest absolute Gasteiger partial charge is 1.00 e. The Labute approximate surface area is 100 Å². The van der Waals surface area contributed by atoms with E-state index < -0.39 is 23.3 Å². The second-order valence-corrected chi connectivity index (χ2v) is 2.37. The number of carboxylic acids is 1. The summed E-state index contributed by atoms with van der Waals surface area (Å²) >= 11 is 0. The molecule has 6 heteroatoms. The molecule has 1 rings (SSSR count). The molecule has 14 heavy (non-hydrogen) atoms. The van der Waals surface area contributed by atoms with Crippen molar-refractivity contribution in [2.24, 2.45) is 0 Å². The molecule has 70 valence electrons. The van der Waals surface area contributed by atoms with Gasteiger partial charge in [-0.05, 0) is 17.7 Å². The molecule has 0 saturated heterocycles. The summed E-state index contributed by atoms with van der Waals surface area (Å²) in [5.74, 6) is -1.62. The first kappa shape index (κ1) is 13.5. The molecule has 0 atom stereocenters. The number of carboxylic acid groups (broad SMARTS) is 1. The molecule has 0 unspecified atom stereocenters. The first-order valence-electron chi connectivity index (χ1n) is 3.30. The first-order valence-corrected chi connectivity index (χ1v) is 3.30. The van der Waals surface area contributed by atoms with E-state index in [1.807, 2.05) is 0 Å². The van der Waals surface area contributed by atoms with Crippen molar-refractivity contribution in [3.05, 3.63) is 35.4 Å². The monoisotopic (exact) mass is 212 g/mol. The van der Waals surface area contributed by atoms with Crippen LogP contribution in [0, 0.1) is 0 Å². The zero-order valence-electron chi connectivity index (χ0n) is 7.26. The third kappa shape index (κ3) is 3.32. The van der Waals surface area contributed by atoms with Gasteiger partial charge < -0.3 is 9.90 Å². The van der Waals surface area contributed by atoms with Crippen molar-refractivity contribution in [2.75, 3.05) is 0 Å². The molecular weight excluding hydrogens is 208 g/mol. The van der Waals surface area contributed by atoms with Gasteiger partial charge in [0.15, 0.2) is 0 Å². The SMILES string of the molecule is O=C([O-])c1cccc(C(F)(F)F)c1.[Na+]. The fourth-order valence-corrected chi connectivity index (χ4v) is 0.822. The van der Waals surface area contributed by atoms with Gasteiger partial charge in [0.05, 0.1) is 11.5 Å². The van der Waals surface area contributed by atoms with Crippen LogP contribution in [0.15, 0.2) is 24.3 Å². The molecule has 0 amide bonds. The number of hydrogen-bond donors (Lipinski definition) is 0. The number of carbonyl (C=O) groups is 1. The Kier molecular flexibility index (Phi) is 4.64. The summed E-state index contributed by atoms with van der Waals surface area (Å²) in [4.78, 5) is 10.2. The van der Waals surface area contributed by atoms with Gasteiger partial charge in [0, 0.05) is 0 Å². The second-order valence-electron chi connectivity index (χ2n) is 2.37. The van der Waals surface area contributed by atoms with Crippen LogP contribution >= 0.6 is 0 Å². The molecule has 0 spiro atoms. The van der Waals surface area contributed by atoms with Gasteiger partial charge in [0.2, 0.25) is 0 Å². The number of halogens is 3. The number of carbonyl (C=O) groups excluding carboxylic acids is 1. The summed E-state index contributed by atoms with van der Waals surface area (Å²) in [5, 5.41) is 10.2. The maximum atomic E-state index is 12.0. The third-order valence-electron chi connectivity index (χ3n) is 1.43. The van der Waals surface area contributed by atoms with Gasteiger partial charge in [0.25, 0.3) is 0 Å². The summed E-state index contributed by atoms with van der Waals surface area (Å²) in [7, 11) is 0. The molecule has 1 aromatic rings. The summed E-state index contributed by atoms with van der Waals surface area (Å²) in [5.41, 5.74) is -1.47. The van der Waals surface area contributed by atoms with Crippen molar-refractivity contribution >= 4 is 5.97 Å². The third-order valence-corrected chi connectivity index (χ3v) is 1.43. The fraction of sp³-hybridized carbons (Fsp3) is 0.125. The predicted octanol–water partition coefficient (Wildman–Crippen LogP) is -1.93. The van der Waals surface area contributed by atoms with Crippen molar-refractivity contribution in [3.8, 4) is 0 Å². The van der Waals surface area contributed by atoms with Crippen LogP contribution in [0.2, 0.25) is 0 Å². The molecular formula is C8H4F3NaO2. The van der Waals surface area contributed by atoms with Crippen LogP contribution in [0.5, 0.6) is 0 Å². The number of benzene rings is 1. The van der Waals surface area contributed by atoms with Crippen LogP contribution < -0.4 is 34.7 Å². The number of hydrogen-bond acceptors (Lipinski definition) is 2. The van der Waals surface area contributed by atoms with Crippen molar-refractivity contribution in [1.29, 1.82) is 0 Å². The molecule has 1 aromatic carbocycles. The first-order chi connectivity index (χ1) is 5.91. The van der Waals surface area contributed by atoms with Crippen molar-refractivity contribution in [3.63, 3.8) is 0 Å². The van der Waals surface area contributed by atoms with Crippen LogP contribution in [-0.4, -0.2) is 5.97 Å². The minimum absolute atomic E-state index is 0. The van der Waals surface area contributed by atoms with Crippen molar-refractivity contribution < 1.29 is 52.6 Å². The van der Waals surface area contributed by atoms with Crippen molar-refractivity contribution in [2.45, 2.75) is 6.18 Å². The van der Waals surface area contributed by atoms with Gasteiger partial charge >= 0.3 is 35.7 Å². The summed E-state index contributed by atoms with van der Waals surface area (Å²) < 4.78 is 36.1. The smallest absolute Gasteiger partial charge is 0.545 e. The molecule has 0 N–H and O–H groups in total. The van der Waals surface area contributed by atoms with Gasteiger partial charge in [-0.3, -0.25) is 0 Å². The number of alkyl halides is 3. The van der Waals surface area contributed by atoms with E-state index in [9.17, 15) is 23.1 Å². The Balaban J connectivity index is 0.00000169. The summed E-state index contributed by atoms with van der Waals surface area (Å²) in [6.45, 7) is 0. The van der Waals surface area contributed by atoms with Gasteiger partial charge in [-0.1, -0.05) is 12.1 Å². The zero-order valence-corrected chi connectivity index (χ0v) is 9.26. The Bertz CT molecular complexity index is 336. The van der Waals surface area contributed by atoms with E-state index in [2.05, 4.69) is 0 Å². The zero-order chi connectivity index (χ0) is 10.1. The molecule has 0 bridgehead atoms. The van der Waals surface area contributed by atoms with E-state index in [1.165, 1.54) is 0 Å². The minimum atomic E-state index is -4.52. The molecule has 0 aliphatic carbocycles. The maximum absolute atomic E-state index is 12.0. The van der Waals surface area contributed by atoms with E-state index in [-0.39, 0.29) is 29.6 Å². The summed E-state index contributed by atoms with van der Waals surface area (Å²) in [6.07, 6.45) is -4.52. The molecule has 0 saturated carbocycles. The van der Waals surface area contributed by atoms with Crippen LogP contribution in [-0.2, 0) is 6.18 Å². The summed E-state index contributed by atoms with van der Waals surface area (Å²) in [6, 6.07) is 3.40. The Hall–Kier alpha value is -0.520. The van der Waals surface area contributed by atoms with Crippen LogP contribution in [0.1, 0.15) is 15.9 Å². The molecule has 0 aliphatic heterocycles. The number of aromatic carboxylic acids is 1. The van der Waals surface area contributed by atoms with Gasteiger partial charge in [-0.25, -0.2) is 0 Å². The molecule has 0 radical (unpaired) electrons. The van der Waals surface area contributed by atoms with E-state index in [0.717, 1.165) is 18.2 Å². The molecule has 0 aromatic heterocycles. The molecule has 0 heterocycles. The quantitative estimate of drug-likeness (QED) is 0.509. The Morgan fingerprint density at radius 1 is 1.29 bits per heavy atom. The number of rotatable bonds is 1. The Morgan fingerprint density at radius 2 is 1.86 bits per heavy atom. The fourth-order valence-electron chi connectivity index (χ4n) is 0.822. The van der Waals surface area contributed by atoms with E-state index >= 15 is 0 Å². The van der Waals surface area contributed by atoms with Crippen LogP contribution in [0.25, 0.3) is 0 Å². The van der Waals surface area contributed by atoms with Crippen molar-refractivity contribution in [1.82, 2.24) is 0 Å². The van der Waals surface area contributed by atoms with E-state index in [1.54, 1.807) is 0 Å². The van der Waals surface area contributed by atoms with Gasteiger partial charge in [-0.2, -0.15) is 13.2 Å². The van der Waals surface area contributed by atoms with Crippen LogP contribution in [0.4, 0.5) is 13.2 Å². The standard InChI is InChI=1S/C8H5F3O2.Na/c9-8(10,11)6-3-1-2-5(4-6)7(12)13;/h1-4H,(H,12,13);/q;+1/p-1. The Morgan fingerprint density at radius 3 is 2.29 bits per heavy atom. The minimum Gasteiger partial charge on any atom is -0.545 e. The average molecular weight is 212 g/mol. The van der Waals surface area contributed by atoms with E-state index in [0.29, 0.717) is 6.07 Å². The molecule has 0 aliphatic rings.